The van der Waals surface area contributed by atoms with E-state index in [0.717, 1.165) is 5.56 Å². The Morgan fingerprint density at radius 1 is 1.17 bits per heavy atom. The molecule has 0 spiro atoms. The first-order chi connectivity index (χ1) is 11.2. The molecule has 3 N–H and O–H groups in total. The van der Waals surface area contributed by atoms with E-state index in [4.69, 9.17) is 4.74 Å². The van der Waals surface area contributed by atoms with Crippen LogP contribution in [0.3, 0.4) is 0 Å². The molecule has 0 atom stereocenters. The predicted octanol–water partition coefficient (Wildman–Crippen LogP) is 3.04. The number of carbonyl (C=O) groups is 1. The molecule has 116 valence electrons. The lowest BCUT2D eigenvalue weighted by atomic mass is 10.1. The van der Waals surface area contributed by atoms with Gasteiger partial charge in [0.1, 0.15) is 17.2 Å². The van der Waals surface area contributed by atoms with Crippen LogP contribution >= 0.6 is 0 Å². The van der Waals surface area contributed by atoms with Crippen LogP contribution in [0.1, 0.15) is 10.5 Å². The molecule has 6 heteroatoms. The first-order valence-corrected chi connectivity index (χ1v) is 6.96. The fourth-order valence-electron chi connectivity index (χ4n) is 2.14. The predicted molar refractivity (Wildman–Crippen MR) is 86.6 cm³/mol. The van der Waals surface area contributed by atoms with Crippen LogP contribution in [0, 0.1) is 0 Å². The molecule has 23 heavy (non-hydrogen) atoms. The number of nitrogens with zero attached hydrogens (tertiary/aromatic N) is 1. The lowest BCUT2D eigenvalue weighted by Crippen LogP contribution is -2.12. The summed E-state index contributed by atoms with van der Waals surface area (Å²) in [5.74, 6) is 0.340. The van der Waals surface area contributed by atoms with E-state index in [2.05, 4.69) is 15.5 Å². The third-order valence-corrected chi connectivity index (χ3v) is 3.34. The second kappa shape index (κ2) is 6.23. The van der Waals surface area contributed by atoms with E-state index >= 15 is 0 Å². The second-order valence-corrected chi connectivity index (χ2v) is 4.87. The van der Waals surface area contributed by atoms with Crippen LogP contribution in [-0.4, -0.2) is 28.3 Å². The third-order valence-electron chi connectivity index (χ3n) is 3.34. The number of aromatic nitrogens is 2. The molecule has 1 aromatic heterocycles. The Hall–Kier alpha value is -3.28. The van der Waals surface area contributed by atoms with Gasteiger partial charge >= 0.3 is 0 Å². The summed E-state index contributed by atoms with van der Waals surface area (Å²) < 4.78 is 5.18. The molecule has 0 aliphatic rings. The maximum absolute atomic E-state index is 12.2. The summed E-state index contributed by atoms with van der Waals surface area (Å²) in [6.07, 6.45) is 0. The Balaban J connectivity index is 1.81. The van der Waals surface area contributed by atoms with Gasteiger partial charge in [-0.1, -0.05) is 24.3 Å². The number of hydrogen-bond acceptors (Lipinski definition) is 4. The fourth-order valence-corrected chi connectivity index (χ4v) is 2.14. The number of para-hydroxylation sites is 2. The maximum atomic E-state index is 12.2. The minimum absolute atomic E-state index is 0.00776. The zero-order valence-electron chi connectivity index (χ0n) is 12.4. The molecule has 0 aliphatic heterocycles. The van der Waals surface area contributed by atoms with Crippen LogP contribution in [0.25, 0.3) is 11.3 Å². The van der Waals surface area contributed by atoms with Gasteiger partial charge in [-0.25, -0.2) is 0 Å². The number of aromatic amines is 1. The molecular formula is C17H15N3O3. The van der Waals surface area contributed by atoms with Gasteiger partial charge in [-0.15, -0.1) is 0 Å². The minimum atomic E-state index is -0.381. The number of rotatable bonds is 4. The average molecular weight is 309 g/mol. The topological polar surface area (TPSA) is 87.2 Å². The van der Waals surface area contributed by atoms with Crippen molar-refractivity contribution >= 4 is 11.6 Å². The SMILES string of the molecule is COc1cccc(-c2cc(C(=O)Nc3ccccc3O)[nH]n2)c1. The molecule has 2 aromatic carbocycles. The van der Waals surface area contributed by atoms with Crippen LogP contribution in [0.5, 0.6) is 11.5 Å². The van der Waals surface area contributed by atoms with Crippen molar-refractivity contribution in [3.05, 3.63) is 60.3 Å². The van der Waals surface area contributed by atoms with Crippen molar-refractivity contribution in [3.63, 3.8) is 0 Å². The Kier molecular flexibility index (Phi) is 3.97. The van der Waals surface area contributed by atoms with E-state index < -0.39 is 0 Å². The standard InChI is InChI=1S/C17H15N3O3/c1-23-12-6-4-5-11(9-12)14-10-15(20-19-14)17(22)18-13-7-2-3-8-16(13)21/h2-10,21H,1H3,(H,18,22)(H,19,20). The maximum Gasteiger partial charge on any atom is 0.273 e. The third kappa shape index (κ3) is 3.16. The lowest BCUT2D eigenvalue weighted by Gasteiger charge is -2.04. The van der Waals surface area contributed by atoms with Crippen LogP contribution in [0.2, 0.25) is 0 Å². The van der Waals surface area contributed by atoms with Crippen molar-refractivity contribution in [3.8, 4) is 22.8 Å². The number of phenolic OH excluding ortho intramolecular Hbond substituents is 1. The summed E-state index contributed by atoms with van der Waals surface area (Å²) >= 11 is 0. The summed E-state index contributed by atoms with van der Waals surface area (Å²) in [6, 6.07) is 15.6. The van der Waals surface area contributed by atoms with Crippen LogP contribution < -0.4 is 10.1 Å². The highest BCUT2D eigenvalue weighted by atomic mass is 16.5. The van der Waals surface area contributed by atoms with E-state index in [1.807, 2.05) is 24.3 Å². The Morgan fingerprint density at radius 3 is 2.78 bits per heavy atom. The van der Waals surface area contributed by atoms with Crippen LogP contribution in [-0.2, 0) is 0 Å². The first-order valence-electron chi connectivity index (χ1n) is 6.96. The van der Waals surface area contributed by atoms with E-state index in [1.165, 1.54) is 6.07 Å². The summed E-state index contributed by atoms with van der Waals surface area (Å²) in [6.45, 7) is 0. The van der Waals surface area contributed by atoms with Crippen molar-refractivity contribution in [1.29, 1.82) is 0 Å². The Bertz CT molecular complexity index is 842. The molecule has 0 unspecified atom stereocenters. The number of hydrogen-bond donors (Lipinski definition) is 3. The van der Waals surface area contributed by atoms with Gasteiger partial charge in [0.2, 0.25) is 0 Å². The minimum Gasteiger partial charge on any atom is -0.506 e. The molecule has 0 fully saturated rings. The van der Waals surface area contributed by atoms with Gasteiger partial charge in [0.15, 0.2) is 0 Å². The van der Waals surface area contributed by atoms with Crippen molar-refractivity contribution in [2.75, 3.05) is 12.4 Å². The van der Waals surface area contributed by atoms with Crippen LogP contribution in [0.15, 0.2) is 54.6 Å². The Morgan fingerprint density at radius 2 is 2.00 bits per heavy atom. The number of amides is 1. The molecule has 6 nitrogen and oxygen atoms in total. The number of anilines is 1. The number of H-pyrrole nitrogens is 1. The lowest BCUT2D eigenvalue weighted by molar-refractivity contribution is 0.102. The molecule has 1 heterocycles. The molecule has 0 radical (unpaired) electrons. The fraction of sp³-hybridized carbons (Fsp3) is 0.0588. The molecule has 3 aromatic rings. The van der Waals surface area contributed by atoms with Gasteiger partial charge in [-0.05, 0) is 30.3 Å². The van der Waals surface area contributed by atoms with Crippen LogP contribution in [0.4, 0.5) is 5.69 Å². The molecule has 0 aliphatic carbocycles. The number of carbonyl (C=O) groups excluding carboxylic acids is 1. The highest BCUT2D eigenvalue weighted by molar-refractivity contribution is 6.04. The highest BCUT2D eigenvalue weighted by Gasteiger charge is 2.13. The summed E-state index contributed by atoms with van der Waals surface area (Å²) in [7, 11) is 1.59. The second-order valence-electron chi connectivity index (χ2n) is 4.87. The van der Waals surface area contributed by atoms with Gasteiger partial charge < -0.3 is 15.2 Å². The summed E-state index contributed by atoms with van der Waals surface area (Å²) in [5, 5.41) is 19.2. The Labute approximate surface area is 132 Å². The van der Waals surface area contributed by atoms with E-state index in [-0.39, 0.29) is 11.7 Å². The van der Waals surface area contributed by atoms with Gasteiger partial charge in [0, 0.05) is 5.56 Å². The van der Waals surface area contributed by atoms with Gasteiger partial charge in [-0.3, -0.25) is 9.89 Å². The number of nitrogens with one attached hydrogen (secondary N) is 2. The van der Waals surface area contributed by atoms with Crippen molar-refractivity contribution in [2.45, 2.75) is 0 Å². The number of benzene rings is 2. The smallest absolute Gasteiger partial charge is 0.273 e. The van der Waals surface area contributed by atoms with Gasteiger partial charge in [-0.2, -0.15) is 5.10 Å². The molecule has 0 saturated carbocycles. The number of aromatic hydroxyl groups is 1. The van der Waals surface area contributed by atoms with E-state index in [9.17, 15) is 9.90 Å². The largest absolute Gasteiger partial charge is 0.506 e. The zero-order chi connectivity index (χ0) is 16.2. The monoisotopic (exact) mass is 309 g/mol. The first kappa shape index (κ1) is 14.6. The van der Waals surface area contributed by atoms with Crippen molar-refractivity contribution in [2.24, 2.45) is 0 Å². The number of methoxy groups -OCH3 is 1. The summed E-state index contributed by atoms with van der Waals surface area (Å²) in [4.78, 5) is 12.2. The van der Waals surface area contributed by atoms with Crippen molar-refractivity contribution in [1.82, 2.24) is 10.2 Å². The molecular weight excluding hydrogens is 294 g/mol. The van der Waals surface area contributed by atoms with E-state index in [1.54, 1.807) is 31.4 Å². The van der Waals surface area contributed by atoms with Gasteiger partial charge in [0.05, 0.1) is 18.5 Å². The molecule has 3 rings (SSSR count). The van der Waals surface area contributed by atoms with Crippen molar-refractivity contribution < 1.29 is 14.6 Å². The highest BCUT2D eigenvalue weighted by Crippen LogP contribution is 2.24. The molecule has 0 bridgehead atoms. The normalized spacial score (nSPS) is 10.3. The van der Waals surface area contributed by atoms with Gasteiger partial charge in [0.25, 0.3) is 5.91 Å². The zero-order valence-corrected chi connectivity index (χ0v) is 12.4. The number of phenols is 1. The molecule has 1 amide bonds. The average Bonchev–Trinajstić information content (AvgIpc) is 3.07. The summed E-state index contributed by atoms with van der Waals surface area (Å²) in [5.41, 5.74) is 2.11. The number of ether oxygens (including phenoxy) is 1. The quantitative estimate of drug-likeness (QED) is 0.646. The molecule has 0 saturated heterocycles. The van der Waals surface area contributed by atoms with E-state index in [0.29, 0.717) is 22.8 Å².